The molecular weight excluding hydrogens is 275 g/mol. The minimum Gasteiger partial charge on any atom is -0.316 e. The summed E-state index contributed by atoms with van der Waals surface area (Å²) in [5, 5.41) is 7.33. The highest BCUT2D eigenvalue weighted by Gasteiger charge is 2.24. The normalized spacial score (nSPS) is 18.4. The van der Waals surface area contributed by atoms with Crippen LogP contribution < -0.4 is 10.2 Å². The number of rotatable bonds is 2. The zero-order valence-corrected chi connectivity index (χ0v) is 12.3. The van der Waals surface area contributed by atoms with Crippen LogP contribution in [-0.4, -0.2) is 35.8 Å². The number of hydrogen-bond donors (Lipinski definition) is 1. The lowest BCUT2D eigenvalue weighted by Gasteiger charge is -2.26. The van der Waals surface area contributed by atoms with Crippen LogP contribution in [0.5, 0.6) is 0 Å². The average molecular weight is 295 g/mol. The fourth-order valence-electron chi connectivity index (χ4n) is 2.05. The third-order valence-corrected chi connectivity index (χ3v) is 3.06. The first-order chi connectivity index (χ1) is 7.68. The van der Waals surface area contributed by atoms with Crippen LogP contribution in [0.3, 0.4) is 0 Å². The van der Waals surface area contributed by atoms with Crippen LogP contribution in [0.4, 0.5) is 5.69 Å². The smallest absolute Gasteiger partial charge is 0.231 e. The van der Waals surface area contributed by atoms with E-state index in [1.807, 2.05) is 20.3 Å². The molecule has 1 saturated heterocycles. The summed E-state index contributed by atoms with van der Waals surface area (Å²) in [6.07, 6.45) is 5.63. The van der Waals surface area contributed by atoms with Crippen LogP contribution in [0.2, 0.25) is 0 Å². The van der Waals surface area contributed by atoms with Crippen molar-refractivity contribution in [1.82, 2.24) is 15.1 Å². The number of halogens is 2. The Morgan fingerprint density at radius 2 is 2.28 bits per heavy atom. The Bertz CT molecular complexity index is 377. The SMILES string of the molecule is CN(C(=O)C1CCCNC1)c1cnn(C)c1.Cl.Cl. The van der Waals surface area contributed by atoms with Gasteiger partial charge in [0.25, 0.3) is 0 Å². The van der Waals surface area contributed by atoms with E-state index >= 15 is 0 Å². The summed E-state index contributed by atoms with van der Waals surface area (Å²) in [6.45, 7) is 1.82. The molecule has 1 amide bonds. The summed E-state index contributed by atoms with van der Waals surface area (Å²) < 4.78 is 1.71. The largest absolute Gasteiger partial charge is 0.316 e. The number of nitrogens with zero attached hydrogens (tertiary/aromatic N) is 3. The molecule has 1 aromatic heterocycles. The lowest BCUT2D eigenvalue weighted by Crippen LogP contribution is -2.41. The number of aromatic nitrogens is 2. The number of aryl methyl sites for hydroxylation is 1. The van der Waals surface area contributed by atoms with Crippen molar-refractivity contribution in [2.75, 3.05) is 25.0 Å². The van der Waals surface area contributed by atoms with Crippen molar-refractivity contribution < 1.29 is 4.79 Å². The Kier molecular flexibility index (Phi) is 7.28. The molecule has 1 aliphatic heterocycles. The summed E-state index contributed by atoms with van der Waals surface area (Å²) >= 11 is 0. The van der Waals surface area contributed by atoms with Gasteiger partial charge in [0, 0.05) is 26.8 Å². The number of amides is 1. The van der Waals surface area contributed by atoms with Gasteiger partial charge in [0.1, 0.15) is 0 Å². The summed E-state index contributed by atoms with van der Waals surface area (Å²) in [5.74, 6) is 0.291. The number of carbonyl (C=O) groups is 1. The fourth-order valence-corrected chi connectivity index (χ4v) is 2.05. The van der Waals surface area contributed by atoms with Crippen molar-refractivity contribution in [3.8, 4) is 0 Å². The van der Waals surface area contributed by atoms with E-state index in [0.717, 1.165) is 31.6 Å². The zero-order valence-electron chi connectivity index (χ0n) is 10.6. The van der Waals surface area contributed by atoms with Crippen molar-refractivity contribution in [2.45, 2.75) is 12.8 Å². The highest BCUT2D eigenvalue weighted by atomic mass is 35.5. The molecule has 1 N–H and O–H groups in total. The standard InChI is InChI=1S/C11H18N4O.2ClH/c1-14-8-10(7-13-14)15(2)11(16)9-4-3-5-12-6-9;;/h7-9,12H,3-6H2,1-2H3;2*1H. The minimum atomic E-state index is 0. The molecule has 1 fully saturated rings. The van der Waals surface area contributed by atoms with Crippen LogP contribution in [0.25, 0.3) is 0 Å². The van der Waals surface area contributed by atoms with E-state index in [0.29, 0.717) is 0 Å². The number of piperidine rings is 1. The van der Waals surface area contributed by atoms with Gasteiger partial charge in [0.2, 0.25) is 5.91 Å². The zero-order chi connectivity index (χ0) is 11.5. The van der Waals surface area contributed by atoms with Gasteiger partial charge in [0.15, 0.2) is 0 Å². The first kappa shape index (κ1) is 17.2. The van der Waals surface area contributed by atoms with E-state index in [9.17, 15) is 4.79 Å². The predicted molar refractivity (Wildman–Crippen MR) is 76.7 cm³/mol. The maximum atomic E-state index is 12.2. The van der Waals surface area contributed by atoms with Crippen LogP contribution >= 0.6 is 24.8 Å². The Labute approximate surface area is 120 Å². The van der Waals surface area contributed by atoms with Crippen LogP contribution in [0.15, 0.2) is 12.4 Å². The Hall–Kier alpha value is -0.780. The first-order valence-electron chi connectivity index (χ1n) is 5.65. The topological polar surface area (TPSA) is 50.2 Å². The molecule has 0 bridgehead atoms. The number of nitrogens with one attached hydrogen (secondary N) is 1. The molecule has 18 heavy (non-hydrogen) atoms. The molecule has 104 valence electrons. The van der Waals surface area contributed by atoms with Crippen molar-refractivity contribution >= 4 is 36.4 Å². The monoisotopic (exact) mass is 294 g/mol. The van der Waals surface area contributed by atoms with Gasteiger partial charge in [-0.1, -0.05) is 0 Å². The van der Waals surface area contributed by atoms with Gasteiger partial charge in [-0.05, 0) is 19.4 Å². The molecule has 1 unspecified atom stereocenters. The van der Waals surface area contributed by atoms with E-state index in [1.165, 1.54) is 0 Å². The summed E-state index contributed by atoms with van der Waals surface area (Å²) in [4.78, 5) is 13.9. The van der Waals surface area contributed by atoms with Crippen molar-refractivity contribution in [1.29, 1.82) is 0 Å². The van der Waals surface area contributed by atoms with E-state index in [4.69, 9.17) is 0 Å². The molecule has 1 aromatic rings. The van der Waals surface area contributed by atoms with Gasteiger partial charge in [-0.3, -0.25) is 9.48 Å². The molecule has 7 heteroatoms. The number of hydrogen-bond acceptors (Lipinski definition) is 3. The number of carbonyl (C=O) groups excluding carboxylic acids is 1. The van der Waals surface area contributed by atoms with Gasteiger partial charge in [0.05, 0.1) is 17.8 Å². The Morgan fingerprint density at radius 3 is 2.78 bits per heavy atom. The third kappa shape index (κ3) is 3.86. The van der Waals surface area contributed by atoms with Gasteiger partial charge in [-0.25, -0.2) is 0 Å². The van der Waals surface area contributed by atoms with Gasteiger partial charge < -0.3 is 10.2 Å². The van der Waals surface area contributed by atoms with E-state index in [1.54, 1.807) is 15.8 Å². The molecule has 2 rings (SSSR count). The molecular formula is C11H20Cl2N4O. The quantitative estimate of drug-likeness (QED) is 0.892. The van der Waals surface area contributed by atoms with E-state index in [-0.39, 0.29) is 36.6 Å². The second kappa shape index (κ2) is 7.61. The van der Waals surface area contributed by atoms with Gasteiger partial charge in [-0.15, -0.1) is 24.8 Å². The molecule has 1 aliphatic rings. The molecule has 0 aromatic carbocycles. The van der Waals surface area contributed by atoms with Gasteiger partial charge in [-0.2, -0.15) is 5.10 Å². The molecule has 0 spiro atoms. The second-order valence-electron chi connectivity index (χ2n) is 4.31. The van der Waals surface area contributed by atoms with Crippen LogP contribution in [-0.2, 0) is 11.8 Å². The van der Waals surface area contributed by atoms with Crippen LogP contribution in [0, 0.1) is 5.92 Å². The van der Waals surface area contributed by atoms with Crippen molar-refractivity contribution in [3.63, 3.8) is 0 Å². The Balaban J connectivity index is 0.00000144. The van der Waals surface area contributed by atoms with E-state index in [2.05, 4.69) is 10.4 Å². The fraction of sp³-hybridized carbons (Fsp3) is 0.636. The summed E-state index contributed by atoms with van der Waals surface area (Å²) in [6, 6.07) is 0. The highest BCUT2D eigenvalue weighted by molar-refractivity contribution is 5.94. The summed E-state index contributed by atoms with van der Waals surface area (Å²) in [5.41, 5.74) is 0.859. The molecule has 5 nitrogen and oxygen atoms in total. The van der Waals surface area contributed by atoms with Crippen molar-refractivity contribution in [3.05, 3.63) is 12.4 Å². The van der Waals surface area contributed by atoms with E-state index < -0.39 is 0 Å². The highest BCUT2D eigenvalue weighted by Crippen LogP contribution is 2.17. The molecule has 0 saturated carbocycles. The minimum absolute atomic E-state index is 0. The second-order valence-corrected chi connectivity index (χ2v) is 4.31. The maximum absolute atomic E-state index is 12.2. The third-order valence-electron chi connectivity index (χ3n) is 3.06. The first-order valence-corrected chi connectivity index (χ1v) is 5.65. The molecule has 1 atom stereocenters. The molecule has 2 heterocycles. The van der Waals surface area contributed by atoms with Crippen molar-refractivity contribution in [2.24, 2.45) is 13.0 Å². The van der Waals surface area contributed by atoms with Gasteiger partial charge >= 0.3 is 0 Å². The average Bonchev–Trinajstić information content (AvgIpc) is 2.75. The number of anilines is 1. The summed E-state index contributed by atoms with van der Waals surface area (Å²) in [7, 11) is 3.66. The molecule has 0 aliphatic carbocycles. The molecule has 0 radical (unpaired) electrons. The Morgan fingerprint density at radius 1 is 1.56 bits per heavy atom. The maximum Gasteiger partial charge on any atom is 0.231 e. The van der Waals surface area contributed by atoms with Crippen LogP contribution in [0.1, 0.15) is 12.8 Å². The lowest BCUT2D eigenvalue weighted by atomic mass is 9.98. The predicted octanol–water partition coefficient (Wildman–Crippen LogP) is 1.23. The lowest BCUT2D eigenvalue weighted by molar-refractivity contribution is -0.122.